The Balaban J connectivity index is 1.83. The Labute approximate surface area is 110 Å². The van der Waals surface area contributed by atoms with E-state index in [1.807, 2.05) is 6.07 Å². The summed E-state index contributed by atoms with van der Waals surface area (Å²) in [5.41, 5.74) is 0. The van der Waals surface area contributed by atoms with Gasteiger partial charge in [-0.15, -0.1) is 0 Å². The van der Waals surface area contributed by atoms with Crippen molar-refractivity contribution in [2.45, 2.75) is 39.5 Å². The second-order valence-electron chi connectivity index (χ2n) is 5.34. The quantitative estimate of drug-likeness (QED) is 0.840. The van der Waals surface area contributed by atoms with Crippen molar-refractivity contribution in [3.05, 3.63) is 12.4 Å². The van der Waals surface area contributed by atoms with Gasteiger partial charge in [0.05, 0.1) is 0 Å². The first-order chi connectivity index (χ1) is 8.78. The third-order valence-electron chi connectivity index (χ3n) is 3.64. The van der Waals surface area contributed by atoms with Crippen LogP contribution in [0.2, 0.25) is 0 Å². The van der Waals surface area contributed by atoms with Crippen molar-refractivity contribution in [2.24, 2.45) is 11.8 Å². The summed E-state index contributed by atoms with van der Waals surface area (Å²) in [4.78, 5) is 8.44. The van der Waals surface area contributed by atoms with Gasteiger partial charge in [-0.3, -0.25) is 0 Å². The molecular formula is C14H24N4. The predicted molar refractivity (Wildman–Crippen MR) is 75.8 cm³/mol. The highest BCUT2D eigenvalue weighted by molar-refractivity contribution is 5.46. The van der Waals surface area contributed by atoms with Crippen molar-refractivity contribution in [3.8, 4) is 0 Å². The van der Waals surface area contributed by atoms with Crippen molar-refractivity contribution in [1.29, 1.82) is 0 Å². The van der Waals surface area contributed by atoms with Crippen LogP contribution in [0.4, 0.5) is 11.6 Å². The molecule has 0 aromatic carbocycles. The molecule has 4 heteroatoms. The zero-order valence-corrected chi connectivity index (χ0v) is 11.4. The molecule has 1 fully saturated rings. The van der Waals surface area contributed by atoms with E-state index in [1.165, 1.54) is 25.7 Å². The molecule has 2 rings (SSSR count). The number of hydrogen-bond donors (Lipinski definition) is 2. The fourth-order valence-corrected chi connectivity index (χ4v) is 2.73. The van der Waals surface area contributed by atoms with Gasteiger partial charge >= 0.3 is 0 Å². The van der Waals surface area contributed by atoms with E-state index in [9.17, 15) is 0 Å². The number of rotatable bonds is 5. The lowest BCUT2D eigenvalue weighted by Crippen LogP contribution is -2.21. The van der Waals surface area contributed by atoms with Gasteiger partial charge in [-0.25, -0.2) is 9.97 Å². The fraction of sp³-hybridized carbons (Fsp3) is 0.714. The van der Waals surface area contributed by atoms with E-state index in [0.29, 0.717) is 0 Å². The molecule has 0 amide bonds. The summed E-state index contributed by atoms with van der Waals surface area (Å²) < 4.78 is 0. The summed E-state index contributed by atoms with van der Waals surface area (Å²) in [6.45, 7) is 6.35. The molecule has 1 aliphatic rings. The Kier molecular flexibility index (Phi) is 4.79. The Morgan fingerprint density at radius 2 is 2.00 bits per heavy atom. The molecule has 0 aliphatic heterocycles. The molecule has 1 saturated carbocycles. The van der Waals surface area contributed by atoms with E-state index in [0.717, 1.165) is 36.6 Å². The van der Waals surface area contributed by atoms with Crippen LogP contribution in [-0.4, -0.2) is 23.1 Å². The van der Waals surface area contributed by atoms with Gasteiger partial charge in [-0.1, -0.05) is 19.8 Å². The van der Waals surface area contributed by atoms with Gasteiger partial charge in [-0.2, -0.15) is 0 Å². The summed E-state index contributed by atoms with van der Waals surface area (Å²) in [5.74, 6) is 3.51. The normalized spacial score (nSPS) is 23.7. The van der Waals surface area contributed by atoms with Gasteiger partial charge < -0.3 is 10.6 Å². The molecule has 1 aromatic heterocycles. The lowest BCUT2D eigenvalue weighted by molar-refractivity contribution is 0.293. The van der Waals surface area contributed by atoms with E-state index in [2.05, 4.69) is 34.4 Å². The van der Waals surface area contributed by atoms with Crippen LogP contribution < -0.4 is 10.6 Å². The van der Waals surface area contributed by atoms with E-state index in [1.54, 1.807) is 6.33 Å². The van der Waals surface area contributed by atoms with Crippen molar-refractivity contribution < 1.29 is 0 Å². The van der Waals surface area contributed by atoms with Gasteiger partial charge in [0.1, 0.15) is 18.0 Å². The summed E-state index contributed by atoms with van der Waals surface area (Å²) >= 11 is 0. The average Bonchev–Trinajstić information content (AvgIpc) is 2.37. The molecule has 2 atom stereocenters. The van der Waals surface area contributed by atoms with Crippen LogP contribution >= 0.6 is 0 Å². The largest absolute Gasteiger partial charge is 0.370 e. The minimum absolute atomic E-state index is 0.797. The van der Waals surface area contributed by atoms with Crippen LogP contribution in [0.5, 0.6) is 0 Å². The Morgan fingerprint density at radius 3 is 2.72 bits per heavy atom. The predicted octanol–water partition coefficient (Wildman–Crippen LogP) is 3.15. The highest BCUT2D eigenvalue weighted by atomic mass is 15.1. The topological polar surface area (TPSA) is 49.8 Å². The van der Waals surface area contributed by atoms with E-state index in [-0.39, 0.29) is 0 Å². The van der Waals surface area contributed by atoms with Gasteiger partial charge in [0.2, 0.25) is 0 Å². The molecule has 18 heavy (non-hydrogen) atoms. The summed E-state index contributed by atoms with van der Waals surface area (Å²) in [6, 6.07) is 1.98. The maximum Gasteiger partial charge on any atom is 0.131 e. The number of nitrogens with zero attached hydrogens (tertiary/aromatic N) is 2. The maximum absolute atomic E-state index is 4.26. The Morgan fingerprint density at radius 1 is 1.22 bits per heavy atom. The fourth-order valence-electron chi connectivity index (χ4n) is 2.73. The standard InChI is InChI=1S/C14H24N4/c1-3-15-13-8-14(18-10-17-13)16-9-12-6-4-5-11(2)7-12/h8,10-12H,3-7,9H2,1-2H3,(H2,15,16,17,18). The molecule has 1 aromatic rings. The Bertz CT molecular complexity index is 367. The van der Waals surface area contributed by atoms with Crippen LogP contribution in [0, 0.1) is 11.8 Å². The summed E-state index contributed by atoms with van der Waals surface area (Å²) in [6.07, 6.45) is 7.08. The minimum Gasteiger partial charge on any atom is -0.370 e. The third kappa shape index (κ3) is 3.86. The van der Waals surface area contributed by atoms with Crippen LogP contribution in [-0.2, 0) is 0 Å². The zero-order valence-electron chi connectivity index (χ0n) is 11.4. The molecule has 0 radical (unpaired) electrons. The van der Waals surface area contributed by atoms with E-state index >= 15 is 0 Å². The summed E-state index contributed by atoms with van der Waals surface area (Å²) in [7, 11) is 0. The van der Waals surface area contributed by atoms with Crippen molar-refractivity contribution in [2.75, 3.05) is 23.7 Å². The average molecular weight is 248 g/mol. The molecule has 2 N–H and O–H groups in total. The first-order valence-corrected chi connectivity index (χ1v) is 7.07. The third-order valence-corrected chi connectivity index (χ3v) is 3.64. The number of nitrogens with one attached hydrogen (secondary N) is 2. The monoisotopic (exact) mass is 248 g/mol. The summed E-state index contributed by atoms with van der Waals surface area (Å²) in [5, 5.41) is 6.64. The van der Waals surface area contributed by atoms with Gasteiger partial charge in [0.25, 0.3) is 0 Å². The van der Waals surface area contributed by atoms with Crippen LogP contribution in [0.25, 0.3) is 0 Å². The second kappa shape index (κ2) is 6.57. The number of aromatic nitrogens is 2. The molecule has 0 bridgehead atoms. The molecule has 1 heterocycles. The maximum atomic E-state index is 4.26. The molecule has 0 spiro atoms. The molecule has 4 nitrogen and oxygen atoms in total. The molecule has 1 aliphatic carbocycles. The Hall–Kier alpha value is -1.32. The molecule has 2 unspecified atom stereocenters. The molecular weight excluding hydrogens is 224 g/mol. The lowest BCUT2D eigenvalue weighted by Gasteiger charge is -2.26. The highest BCUT2D eigenvalue weighted by Crippen LogP contribution is 2.28. The van der Waals surface area contributed by atoms with Crippen molar-refractivity contribution >= 4 is 11.6 Å². The van der Waals surface area contributed by atoms with Crippen LogP contribution in [0.3, 0.4) is 0 Å². The lowest BCUT2D eigenvalue weighted by atomic mass is 9.82. The van der Waals surface area contributed by atoms with Gasteiger partial charge in [-0.05, 0) is 31.6 Å². The van der Waals surface area contributed by atoms with Crippen molar-refractivity contribution in [3.63, 3.8) is 0 Å². The zero-order chi connectivity index (χ0) is 12.8. The van der Waals surface area contributed by atoms with Crippen molar-refractivity contribution in [1.82, 2.24) is 9.97 Å². The number of hydrogen-bond acceptors (Lipinski definition) is 4. The number of anilines is 2. The van der Waals surface area contributed by atoms with Gasteiger partial charge in [0, 0.05) is 19.2 Å². The first-order valence-electron chi connectivity index (χ1n) is 7.07. The SMILES string of the molecule is CCNc1cc(NCC2CCCC(C)C2)ncn1. The van der Waals surface area contributed by atoms with Crippen LogP contribution in [0.1, 0.15) is 39.5 Å². The molecule has 100 valence electrons. The smallest absolute Gasteiger partial charge is 0.131 e. The second-order valence-corrected chi connectivity index (χ2v) is 5.34. The van der Waals surface area contributed by atoms with Crippen LogP contribution in [0.15, 0.2) is 12.4 Å². The first kappa shape index (κ1) is 13.1. The minimum atomic E-state index is 0.797. The highest BCUT2D eigenvalue weighted by Gasteiger charge is 2.18. The molecule has 0 saturated heterocycles. The van der Waals surface area contributed by atoms with E-state index < -0.39 is 0 Å². The van der Waals surface area contributed by atoms with Gasteiger partial charge in [0.15, 0.2) is 0 Å². The van der Waals surface area contributed by atoms with E-state index in [4.69, 9.17) is 0 Å².